The second-order valence-electron chi connectivity index (χ2n) is 3.63. The standard InChI is InChI=1S/C10H5Br3F6/c11-4-1-2-6(12)5(3-4)7(13)8(9(14,15)16)10(17,18)19/h1-3,7-8H. The van der Waals surface area contributed by atoms with Gasteiger partial charge in [0.05, 0.1) is 4.83 Å². The molecule has 0 saturated heterocycles. The fraction of sp³-hybridized carbons (Fsp3) is 0.400. The molecule has 1 unspecified atom stereocenters. The van der Waals surface area contributed by atoms with E-state index in [1.165, 1.54) is 18.2 Å². The lowest BCUT2D eigenvalue weighted by atomic mass is 9.98. The zero-order chi connectivity index (χ0) is 15.0. The lowest BCUT2D eigenvalue weighted by Crippen LogP contribution is -2.39. The van der Waals surface area contributed by atoms with Gasteiger partial charge in [0.2, 0.25) is 0 Å². The Labute approximate surface area is 129 Å². The summed E-state index contributed by atoms with van der Waals surface area (Å²) in [5, 5.41) is 0. The summed E-state index contributed by atoms with van der Waals surface area (Å²) in [7, 11) is 0. The highest BCUT2D eigenvalue weighted by atomic mass is 79.9. The van der Waals surface area contributed by atoms with Crippen LogP contribution < -0.4 is 0 Å². The molecule has 19 heavy (non-hydrogen) atoms. The Hall–Kier alpha value is 0.240. The monoisotopic (exact) mass is 476 g/mol. The number of halogens is 9. The van der Waals surface area contributed by atoms with Crippen LogP contribution in [0.2, 0.25) is 0 Å². The topological polar surface area (TPSA) is 0 Å². The maximum absolute atomic E-state index is 12.6. The number of hydrogen-bond donors (Lipinski definition) is 0. The first-order chi connectivity index (χ1) is 8.44. The van der Waals surface area contributed by atoms with Crippen LogP contribution in [0.1, 0.15) is 10.4 Å². The molecular weight excluding hydrogens is 474 g/mol. The van der Waals surface area contributed by atoms with Gasteiger partial charge in [0.1, 0.15) is 0 Å². The van der Waals surface area contributed by atoms with Crippen LogP contribution in [0.4, 0.5) is 26.3 Å². The van der Waals surface area contributed by atoms with Gasteiger partial charge in [0.25, 0.3) is 0 Å². The second-order valence-corrected chi connectivity index (χ2v) is 6.39. The molecule has 0 bridgehead atoms. The molecule has 0 aliphatic rings. The molecule has 0 radical (unpaired) electrons. The second kappa shape index (κ2) is 5.93. The highest BCUT2D eigenvalue weighted by Crippen LogP contribution is 2.51. The van der Waals surface area contributed by atoms with Crippen LogP contribution in [0.25, 0.3) is 0 Å². The Kier molecular flexibility index (Phi) is 5.40. The molecule has 9 heteroatoms. The van der Waals surface area contributed by atoms with Crippen molar-refractivity contribution in [3.63, 3.8) is 0 Å². The highest BCUT2D eigenvalue weighted by molar-refractivity contribution is 9.11. The number of alkyl halides is 7. The third kappa shape index (κ3) is 4.35. The molecule has 0 aliphatic carbocycles. The Morgan fingerprint density at radius 1 is 0.895 bits per heavy atom. The molecule has 1 aromatic carbocycles. The summed E-state index contributed by atoms with van der Waals surface area (Å²) in [6, 6.07) is 4.08. The summed E-state index contributed by atoms with van der Waals surface area (Å²) in [4.78, 5) is -1.93. The van der Waals surface area contributed by atoms with E-state index in [0.717, 1.165) is 0 Å². The smallest absolute Gasteiger partial charge is 0.170 e. The van der Waals surface area contributed by atoms with Crippen LogP contribution in [-0.2, 0) is 0 Å². The fourth-order valence-electron chi connectivity index (χ4n) is 1.42. The summed E-state index contributed by atoms with van der Waals surface area (Å²) in [6.45, 7) is 0. The lowest BCUT2D eigenvalue weighted by molar-refractivity contribution is -0.283. The van der Waals surface area contributed by atoms with Gasteiger partial charge in [-0.2, -0.15) is 26.3 Å². The van der Waals surface area contributed by atoms with Crippen molar-refractivity contribution < 1.29 is 26.3 Å². The average Bonchev–Trinajstić information content (AvgIpc) is 2.17. The van der Waals surface area contributed by atoms with E-state index in [9.17, 15) is 26.3 Å². The quantitative estimate of drug-likeness (QED) is 0.341. The Morgan fingerprint density at radius 3 is 1.79 bits per heavy atom. The van der Waals surface area contributed by atoms with Crippen LogP contribution in [-0.4, -0.2) is 12.4 Å². The average molecular weight is 479 g/mol. The number of rotatable bonds is 2. The van der Waals surface area contributed by atoms with E-state index in [-0.39, 0.29) is 10.0 Å². The molecular formula is C10H5Br3F6. The van der Waals surface area contributed by atoms with Crippen molar-refractivity contribution in [3.8, 4) is 0 Å². The molecule has 1 atom stereocenters. The van der Waals surface area contributed by atoms with Crippen molar-refractivity contribution in [2.24, 2.45) is 5.92 Å². The Bertz CT molecular complexity index is 440. The molecule has 108 valence electrons. The maximum Gasteiger partial charge on any atom is 0.401 e. The minimum absolute atomic E-state index is 0.131. The van der Waals surface area contributed by atoms with E-state index in [4.69, 9.17) is 0 Å². The van der Waals surface area contributed by atoms with Crippen LogP contribution in [0.3, 0.4) is 0 Å². The first-order valence-electron chi connectivity index (χ1n) is 4.67. The maximum atomic E-state index is 12.6. The Balaban J connectivity index is 3.28. The van der Waals surface area contributed by atoms with Crippen molar-refractivity contribution >= 4 is 47.8 Å². The first kappa shape index (κ1) is 17.3. The van der Waals surface area contributed by atoms with E-state index in [2.05, 4.69) is 47.8 Å². The van der Waals surface area contributed by atoms with E-state index in [1.54, 1.807) is 0 Å². The van der Waals surface area contributed by atoms with Crippen molar-refractivity contribution in [1.29, 1.82) is 0 Å². The van der Waals surface area contributed by atoms with Crippen LogP contribution >= 0.6 is 47.8 Å². The SMILES string of the molecule is FC(F)(F)C(C(Br)c1cc(Br)ccc1Br)C(F)(F)F. The fourth-order valence-corrected chi connectivity index (χ4v) is 3.58. The van der Waals surface area contributed by atoms with Crippen LogP contribution in [0.5, 0.6) is 0 Å². The molecule has 0 aromatic heterocycles. The summed E-state index contributed by atoms with van der Waals surface area (Å²) in [5.41, 5.74) is -0.131. The molecule has 0 saturated carbocycles. The first-order valence-corrected chi connectivity index (χ1v) is 7.17. The zero-order valence-electron chi connectivity index (χ0n) is 8.79. The summed E-state index contributed by atoms with van der Waals surface area (Å²) < 4.78 is 76.2. The third-order valence-electron chi connectivity index (χ3n) is 2.25. The zero-order valence-corrected chi connectivity index (χ0v) is 13.5. The Morgan fingerprint density at radius 2 is 1.37 bits per heavy atom. The predicted molar refractivity (Wildman–Crippen MR) is 69.1 cm³/mol. The van der Waals surface area contributed by atoms with Gasteiger partial charge in [-0.1, -0.05) is 47.8 Å². The summed E-state index contributed by atoms with van der Waals surface area (Å²) in [6.07, 6.45) is -10.8. The summed E-state index contributed by atoms with van der Waals surface area (Å²) in [5.74, 6) is -3.48. The van der Waals surface area contributed by atoms with Gasteiger partial charge in [-0.15, -0.1) is 0 Å². The van der Waals surface area contributed by atoms with Crippen molar-refractivity contribution in [2.45, 2.75) is 17.2 Å². The van der Waals surface area contributed by atoms with Gasteiger partial charge in [0.15, 0.2) is 5.92 Å². The molecule has 0 spiro atoms. The van der Waals surface area contributed by atoms with Gasteiger partial charge in [-0.3, -0.25) is 0 Å². The third-order valence-corrected chi connectivity index (χ3v) is 4.49. The number of hydrogen-bond acceptors (Lipinski definition) is 0. The molecule has 0 nitrogen and oxygen atoms in total. The van der Waals surface area contributed by atoms with Gasteiger partial charge in [-0.05, 0) is 23.8 Å². The minimum atomic E-state index is -5.39. The highest BCUT2D eigenvalue weighted by Gasteiger charge is 2.60. The molecule has 0 amide bonds. The normalized spacial score (nSPS) is 14.8. The molecule has 0 N–H and O–H groups in total. The molecule has 0 heterocycles. The number of benzene rings is 1. The molecule has 1 rings (SSSR count). The minimum Gasteiger partial charge on any atom is -0.170 e. The van der Waals surface area contributed by atoms with Crippen molar-refractivity contribution in [1.82, 2.24) is 0 Å². The lowest BCUT2D eigenvalue weighted by Gasteiger charge is -2.28. The van der Waals surface area contributed by atoms with Gasteiger partial charge in [0, 0.05) is 8.95 Å². The van der Waals surface area contributed by atoms with E-state index >= 15 is 0 Å². The summed E-state index contributed by atoms with van der Waals surface area (Å²) >= 11 is 8.48. The van der Waals surface area contributed by atoms with Crippen LogP contribution in [0.15, 0.2) is 27.1 Å². The predicted octanol–water partition coefficient (Wildman–Crippen LogP) is 6.39. The van der Waals surface area contributed by atoms with Crippen LogP contribution in [0, 0.1) is 5.92 Å². The van der Waals surface area contributed by atoms with Crippen molar-refractivity contribution in [2.75, 3.05) is 0 Å². The van der Waals surface area contributed by atoms with Gasteiger partial charge in [-0.25, -0.2) is 0 Å². The van der Waals surface area contributed by atoms with E-state index < -0.39 is 23.1 Å². The molecule has 0 fully saturated rings. The van der Waals surface area contributed by atoms with Gasteiger partial charge < -0.3 is 0 Å². The van der Waals surface area contributed by atoms with E-state index in [1.807, 2.05) is 0 Å². The molecule has 1 aromatic rings. The van der Waals surface area contributed by atoms with Crippen molar-refractivity contribution in [3.05, 3.63) is 32.7 Å². The van der Waals surface area contributed by atoms with Gasteiger partial charge >= 0.3 is 12.4 Å². The van der Waals surface area contributed by atoms with E-state index in [0.29, 0.717) is 4.47 Å². The largest absolute Gasteiger partial charge is 0.401 e. The molecule has 0 aliphatic heterocycles.